The minimum Gasteiger partial charge on any atom is -0.394 e. The third kappa shape index (κ3) is 3.46. The largest absolute Gasteiger partial charge is 0.394 e. The third-order valence-electron chi connectivity index (χ3n) is 3.52. The highest BCUT2D eigenvalue weighted by molar-refractivity contribution is 7.99. The molecule has 1 aromatic heterocycles. The number of H-pyrrole nitrogens is 1. The predicted octanol–water partition coefficient (Wildman–Crippen LogP) is 1.57. The van der Waals surface area contributed by atoms with E-state index in [1.54, 1.807) is 18.1 Å². The summed E-state index contributed by atoms with van der Waals surface area (Å²) in [6.45, 7) is 3.35. The van der Waals surface area contributed by atoms with Crippen LogP contribution in [0.2, 0.25) is 0 Å². The second-order valence-electron chi connectivity index (χ2n) is 4.99. The number of thioether (sulfide) groups is 1. The van der Waals surface area contributed by atoms with E-state index in [4.69, 9.17) is 0 Å². The molecule has 0 aliphatic heterocycles. The van der Waals surface area contributed by atoms with Crippen molar-refractivity contribution in [2.24, 2.45) is 0 Å². The molecule has 2 unspecified atom stereocenters. The van der Waals surface area contributed by atoms with Gasteiger partial charge in [0.25, 0.3) is 0 Å². The fourth-order valence-electron chi connectivity index (χ4n) is 2.57. The molecule has 0 amide bonds. The first-order chi connectivity index (χ1) is 8.78. The van der Waals surface area contributed by atoms with E-state index in [9.17, 15) is 5.11 Å². The topological polar surface area (TPSA) is 73.8 Å². The minimum atomic E-state index is -0.0913. The molecule has 1 aliphatic rings. The Hall–Kier alpha value is -0.590. The molecule has 2 atom stereocenters. The van der Waals surface area contributed by atoms with Crippen molar-refractivity contribution >= 4 is 11.8 Å². The smallest absolute Gasteiger partial charge is 0.183 e. The Morgan fingerprint density at radius 1 is 1.67 bits per heavy atom. The molecule has 0 spiro atoms. The third-order valence-corrected chi connectivity index (χ3v) is 4.68. The van der Waals surface area contributed by atoms with Gasteiger partial charge in [-0.05, 0) is 32.2 Å². The Morgan fingerprint density at radius 3 is 3.22 bits per heavy atom. The molecular weight excluding hydrogens is 248 g/mol. The van der Waals surface area contributed by atoms with Gasteiger partial charge in [0.05, 0.1) is 6.61 Å². The number of hydrogen-bond acceptors (Lipinski definition) is 5. The number of hydrogen-bond donors (Lipinski definition) is 3. The number of aromatic nitrogens is 3. The maximum atomic E-state index is 9.70. The molecule has 2 rings (SSSR count). The number of aliphatic hydroxyl groups excluding tert-OH is 1. The van der Waals surface area contributed by atoms with Crippen molar-refractivity contribution in [3.63, 3.8) is 0 Å². The van der Waals surface area contributed by atoms with Crippen LogP contribution in [0, 0.1) is 0 Å². The summed E-state index contributed by atoms with van der Waals surface area (Å²) < 4.78 is 0. The lowest BCUT2D eigenvalue weighted by Gasteiger charge is -2.40. The molecule has 0 aromatic carbocycles. The first kappa shape index (κ1) is 13.8. The number of nitrogens with one attached hydrogen (secondary N) is 2. The molecule has 0 saturated heterocycles. The van der Waals surface area contributed by atoms with E-state index in [1.807, 2.05) is 0 Å². The summed E-state index contributed by atoms with van der Waals surface area (Å²) in [6.07, 6.45) is 7.04. The summed E-state index contributed by atoms with van der Waals surface area (Å²) in [5.74, 6) is 0. The van der Waals surface area contributed by atoms with Crippen LogP contribution in [0.25, 0.3) is 0 Å². The molecule has 1 heterocycles. The van der Waals surface area contributed by atoms with E-state index >= 15 is 0 Å². The van der Waals surface area contributed by atoms with E-state index in [-0.39, 0.29) is 12.1 Å². The summed E-state index contributed by atoms with van der Waals surface area (Å²) in [5, 5.41) is 21.4. The van der Waals surface area contributed by atoms with E-state index in [0.717, 1.165) is 37.4 Å². The van der Waals surface area contributed by atoms with Crippen LogP contribution < -0.4 is 5.32 Å². The normalized spacial score (nSPS) is 28.4. The Morgan fingerprint density at radius 2 is 2.56 bits per heavy atom. The summed E-state index contributed by atoms with van der Waals surface area (Å²) in [4.78, 5) is 4.16. The molecule has 1 saturated carbocycles. The zero-order chi connectivity index (χ0) is 12.8. The van der Waals surface area contributed by atoms with Crippen molar-refractivity contribution in [1.29, 1.82) is 0 Å². The number of nitrogens with zero attached hydrogens (tertiary/aromatic N) is 2. The Labute approximate surface area is 112 Å². The first-order valence-corrected chi connectivity index (χ1v) is 7.54. The maximum absolute atomic E-state index is 9.70. The van der Waals surface area contributed by atoms with Crippen molar-refractivity contribution in [1.82, 2.24) is 20.5 Å². The van der Waals surface area contributed by atoms with Crippen LogP contribution in [0.15, 0.2) is 11.5 Å². The van der Waals surface area contributed by atoms with Crippen LogP contribution in [-0.4, -0.2) is 44.2 Å². The SMILES string of the molecule is CCCNC1(CO)CCCC(Sc2ncn[nH]2)C1. The van der Waals surface area contributed by atoms with Crippen molar-refractivity contribution < 1.29 is 5.11 Å². The van der Waals surface area contributed by atoms with Crippen molar-refractivity contribution in [2.75, 3.05) is 13.2 Å². The number of aromatic amines is 1. The van der Waals surface area contributed by atoms with Crippen LogP contribution in [0.3, 0.4) is 0 Å². The molecule has 1 aromatic rings. The molecule has 0 radical (unpaired) electrons. The van der Waals surface area contributed by atoms with Crippen LogP contribution in [0.5, 0.6) is 0 Å². The highest BCUT2D eigenvalue weighted by Gasteiger charge is 2.35. The van der Waals surface area contributed by atoms with Gasteiger partial charge in [-0.2, -0.15) is 5.10 Å². The highest BCUT2D eigenvalue weighted by atomic mass is 32.2. The minimum absolute atomic E-state index is 0.0913. The zero-order valence-corrected chi connectivity index (χ0v) is 11.7. The quantitative estimate of drug-likeness (QED) is 0.732. The number of rotatable bonds is 6. The molecule has 5 nitrogen and oxygen atoms in total. The molecule has 3 N–H and O–H groups in total. The fourth-order valence-corrected chi connectivity index (χ4v) is 3.78. The molecule has 102 valence electrons. The average Bonchev–Trinajstić information content (AvgIpc) is 2.90. The van der Waals surface area contributed by atoms with Gasteiger partial charge in [0, 0.05) is 10.8 Å². The molecular formula is C12H22N4OS. The van der Waals surface area contributed by atoms with Gasteiger partial charge in [-0.3, -0.25) is 5.10 Å². The second kappa shape index (κ2) is 6.54. The van der Waals surface area contributed by atoms with Crippen molar-refractivity contribution in [2.45, 2.75) is 55.0 Å². The van der Waals surface area contributed by atoms with Crippen molar-refractivity contribution in [3.05, 3.63) is 6.33 Å². The Bertz CT molecular complexity index is 346. The standard InChI is InChI=1S/C12H22N4OS/c1-2-6-14-12(8-17)5-3-4-10(7-12)18-11-13-9-15-16-11/h9-10,14,17H,2-8H2,1H3,(H,13,15,16). The number of aliphatic hydroxyl groups is 1. The van der Waals surface area contributed by atoms with E-state index in [0.29, 0.717) is 5.25 Å². The molecule has 1 fully saturated rings. The zero-order valence-electron chi connectivity index (χ0n) is 10.9. The van der Waals surface area contributed by atoms with Gasteiger partial charge in [-0.1, -0.05) is 25.1 Å². The lowest BCUT2D eigenvalue weighted by Crippen LogP contribution is -2.52. The first-order valence-electron chi connectivity index (χ1n) is 6.66. The molecule has 1 aliphatic carbocycles. The van der Waals surface area contributed by atoms with Gasteiger partial charge in [-0.25, -0.2) is 4.98 Å². The summed E-state index contributed by atoms with van der Waals surface area (Å²) in [6, 6.07) is 0. The van der Waals surface area contributed by atoms with E-state index in [2.05, 4.69) is 27.4 Å². The van der Waals surface area contributed by atoms with Crippen LogP contribution >= 0.6 is 11.8 Å². The lowest BCUT2D eigenvalue weighted by atomic mass is 9.82. The van der Waals surface area contributed by atoms with Crippen molar-refractivity contribution in [3.8, 4) is 0 Å². The van der Waals surface area contributed by atoms with Crippen LogP contribution in [-0.2, 0) is 0 Å². The van der Waals surface area contributed by atoms with Gasteiger partial charge in [0.15, 0.2) is 5.16 Å². The van der Waals surface area contributed by atoms with E-state index in [1.165, 1.54) is 6.42 Å². The summed E-state index contributed by atoms with van der Waals surface area (Å²) in [7, 11) is 0. The van der Waals surface area contributed by atoms with E-state index < -0.39 is 0 Å². The van der Waals surface area contributed by atoms with Crippen LogP contribution in [0.4, 0.5) is 0 Å². The molecule has 18 heavy (non-hydrogen) atoms. The second-order valence-corrected chi connectivity index (χ2v) is 6.28. The van der Waals surface area contributed by atoms with Gasteiger partial charge >= 0.3 is 0 Å². The highest BCUT2D eigenvalue weighted by Crippen LogP contribution is 2.36. The van der Waals surface area contributed by atoms with Gasteiger partial charge in [0.1, 0.15) is 6.33 Å². The van der Waals surface area contributed by atoms with Crippen LogP contribution in [0.1, 0.15) is 39.0 Å². The Kier molecular flexibility index (Phi) is 5.03. The predicted molar refractivity (Wildman–Crippen MR) is 72.6 cm³/mol. The fraction of sp³-hybridized carbons (Fsp3) is 0.833. The molecule has 0 bridgehead atoms. The average molecular weight is 270 g/mol. The van der Waals surface area contributed by atoms with Gasteiger partial charge < -0.3 is 10.4 Å². The summed E-state index contributed by atoms with van der Waals surface area (Å²) >= 11 is 1.74. The Balaban J connectivity index is 1.93. The lowest BCUT2D eigenvalue weighted by molar-refractivity contribution is 0.124. The van der Waals surface area contributed by atoms with Gasteiger partial charge in [-0.15, -0.1) is 0 Å². The monoisotopic (exact) mass is 270 g/mol. The molecule has 6 heteroatoms. The maximum Gasteiger partial charge on any atom is 0.183 e. The summed E-state index contributed by atoms with van der Waals surface area (Å²) in [5.41, 5.74) is -0.0913. The van der Waals surface area contributed by atoms with Gasteiger partial charge in [0.2, 0.25) is 0 Å².